The van der Waals surface area contributed by atoms with Gasteiger partial charge in [0.15, 0.2) is 5.65 Å². The van der Waals surface area contributed by atoms with Crippen LogP contribution >= 0.6 is 0 Å². The summed E-state index contributed by atoms with van der Waals surface area (Å²) in [4.78, 5) is 16.7. The Balaban J connectivity index is 1.94. The van der Waals surface area contributed by atoms with Crippen molar-refractivity contribution in [1.82, 2.24) is 15.2 Å². The van der Waals surface area contributed by atoms with E-state index in [0.717, 1.165) is 11.1 Å². The Morgan fingerprint density at radius 1 is 1.03 bits per heavy atom. The van der Waals surface area contributed by atoms with E-state index in [-0.39, 0.29) is 5.56 Å². The summed E-state index contributed by atoms with van der Waals surface area (Å²) < 4.78 is 10.7. The summed E-state index contributed by atoms with van der Waals surface area (Å²) in [5.74, 6) is 0.106. The number of rotatable bonds is 5. The highest BCUT2D eigenvalue weighted by molar-refractivity contribution is 6.08. The number of benzene rings is 2. The third-order valence-electron chi connectivity index (χ3n) is 4.78. The van der Waals surface area contributed by atoms with E-state index in [1.165, 1.54) is 0 Å². The average Bonchev–Trinajstić information content (AvgIpc) is 3.17. The van der Waals surface area contributed by atoms with Gasteiger partial charge in [0.2, 0.25) is 0 Å². The number of nitrogens with zero attached hydrogens (tertiary/aromatic N) is 2. The van der Waals surface area contributed by atoms with Crippen molar-refractivity contribution < 1.29 is 19.4 Å². The highest BCUT2D eigenvalue weighted by Gasteiger charge is 2.21. The topological polar surface area (TPSA) is 97.3 Å². The molecule has 0 atom stereocenters. The van der Waals surface area contributed by atoms with Crippen LogP contribution in [0.25, 0.3) is 33.5 Å². The second-order valence-electron chi connectivity index (χ2n) is 6.59. The van der Waals surface area contributed by atoms with Gasteiger partial charge in [0.25, 0.3) is 0 Å². The fraction of sp³-hybridized carbons (Fsp3) is 0.136. The van der Waals surface area contributed by atoms with Gasteiger partial charge in [-0.15, -0.1) is 0 Å². The smallest absolute Gasteiger partial charge is 0.336 e. The zero-order valence-electron chi connectivity index (χ0n) is 16.2. The first-order valence-electron chi connectivity index (χ1n) is 8.93. The van der Waals surface area contributed by atoms with Crippen molar-refractivity contribution in [3.63, 3.8) is 0 Å². The number of hydrogen-bond acceptors (Lipinski definition) is 5. The molecule has 7 heteroatoms. The predicted octanol–water partition coefficient (Wildman–Crippen LogP) is 4.32. The largest absolute Gasteiger partial charge is 0.497 e. The molecule has 2 heterocycles. The van der Waals surface area contributed by atoms with Gasteiger partial charge in [-0.2, -0.15) is 5.10 Å². The molecule has 4 aromatic rings. The first-order valence-corrected chi connectivity index (χ1v) is 8.93. The van der Waals surface area contributed by atoms with Crippen molar-refractivity contribution in [2.45, 2.75) is 6.92 Å². The molecule has 0 unspecified atom stereocenters. The zero-order valence-corrected chi connectivity index (χ0v) is 16.2. The third-order valence-corrected chi connectivity index (χ3v) is 4.78. The van der Waals surface area contributed by atoms with Gasteiger partial charge in [0.05, 0.1) is 36.6 Å². The fourth-order valence-electron chi connectivity index (χ4n) is 3.27. The molecule has 0 aliphatic heterocycles. The fourth-order valence-corrected chi connectivity index (χ4v) is 3.27. The van der Waals surface area contributed by atoms with Gasteiger partial charge in [-0.05, 0) is 25.1 Å². The van der Waals surface area contributed by atoms with Crippen LogP contribution in [-0.4, -0.2) is 40.5 Å². The molecule has 0 saturated heterocycles. The summed E-state index contributed by atoms with van der Waals surface area (Å²) >= 11 is 0. The number of aromatic amines is 1. The van der Waals surface area contributed by atoms with Crippen LogP contribution in [0.5, 0.6) is 11.5 Å². The molecule has 0 amide bonds. The van der Waals surface area contributed by atoms with E-state index in [9.17, 15) is 9.90 Å². The van der Waals surface area contributed by atoms with Crippen LogP contribution in [0.15, 0.2) is 48.5 Å². The number of aryl methyl sites for hydroxylation is 1. The second kappa shape index (κ2) is 7.27. The molecule has 29 heavy (non-hydrogen) atoms. The molecule has 0 saturated carbocycles. The number of H-pyrrole nitrogens is 1. The number of carboxylic acid groups (broad SMARTS) is 1. The molecule has 2 aromatic heterocycles. The maximum atomic E-state index is 12.1. The number of carbonyl (C=O) groups is 1. The number of methoxy groups -OCH3 is 2. The van der Waals surface area contributed by atoms with Gasteiger partial charge in [-0.1, -0.05) is 29.8 Å². The first kappa shape index (κ1) is 18.5. The van der Waals surface area contributed by atoms with Crippen molar-refractivity contribution >= 4 is 17.0 Å². The number of carboxylic acids is 1. The van der Waals surface area contributed by atoms with Gasteiger partial charge in [0.1, 0.15) is 11.5 Å². The standard InChI is InChI=1S/C22H19N3O4/c1-12-4-6-13(7-5-12)20-19-16(22(26)27)11-17(23-21(19)25-24-20)15-9-8-14(28-2)10-18(15)29-3/h4-11H,1-3H3,(H,26,27)(H,23,24,25). The lowest BCUT2D eigenvalue weighted by atomic mass is 10.0. The SMILES string of the molecule is COc1ccc(-c2cc(C(=O)O)c3c(-c4ccc(C)cc4)[nH]nc3n2)c(OC)c1. The number of fused-ring (bicyclic) bond motifs is 1. The van der Waals surface area contributed by atoms with Crippen LogP contribution < -0.4 is 9.47 Å². The quantitative estimate of drug-likeness (QED) is 0.528. The van der Waals surface area contributed by atoms with Crippen LogP contribution in [0, 0.1) is 6.92 Å². The number of ether oxygens (including phenoxy) is 2. The summed E-state index contributed by atoms with van der Waals surface area (Å²) in [6.45, 7) is 1.99. The Labute approximate surface area is 166 Å². The van der Waals surface area contributed by atoms with Gasteiger partial charge in [-0.25, -0.2) is 9.78 Å². The van der Waals surface area contributed by atoms with Crippen LogP contribution in [0.4, 0.5) is 0 Å². The van der Waals surface area contributed by atoms with Crippen LogP contribution in [0.1, 0.15) is 15.9 Å². The monoisotopic (exact) mass is 389 g/mol. The summed E-state index contributed by atoms with van der Waals surface area (Å²) in [5, 5.41) is 17.6. The highest BCUT2D eigenvalue weighted by Crippen LogP contribution is 2.36. The van der Waals surface area contributed by atoms with E-state index in [0.29, 0.717) is 39.5 Å². The minimum Gasteiger partial charge on any atom is -0.497 e. The van der Waals surface area contributed by atoms with Crippen molar-refractivity contribution in [2.24, 2.45) is 0 Å². The lowest BCUT2D eigenvalue weighted by Crippen LogP contribution is -2.01. The molecule has 0 radical (unpaired) electrons. The molecule has 7 nitrogen and oxygen atoms in total. The molecule has 2 N–H and O–H groups in total. The number of aromatic carboxylic acids is 1. The first-order chi connectivity index (χ1) is 14.0. The van der Waals surface area contributed by atoms with Crippen molar-refractivity contribution in [3.8, 4) is 34.0 Å². The number of pyridine rings is 1. The van der Waals surface area contributed by atoms with Crippen LogP contribution in [-0.2, 0) is 0 Å². The van der Waals surface area contributed by atoms with E-state index in [1.807, 2.05) is 31.2 Å². The Hall–Kier alpha value is -3.87. The molecule has 0 fully saturated rings. The van der Waals surface area contributed by atoms with Gasteiger partial charge in [0, 0.05) is 17.2 Å². The molecule has 0 bridgehead atoms. The van der Waals surface area contributed by atoms with E-state index < -0.39 is 5.97 Å². The summed E-state index contributed by atoms with van der Waals surface area (Å²) in [7, 11) is 3.11. The predicted molar refractivity (Wildman–Crippen MR) is 110 cm³/mol. The third kappa shape index (κ3) is 3.27. The minimum absolute atomic E-state index is 0.118. The van der Waals surface area contributed by atoms with Gasteiger partial charge >= 0.3 is 5.97 Å². The lowest BCUT2D eigenvalue weighted by molar-refractivity contribution is 0.0699. The van der Waals surface area contributed by atoms with Crippen molar-refractivity contribution in [3.05, 3.63) is 59.7 Å². The Kier molecular flexibility index (Phi) is 4.64. The Bertz CT molecular complexity index is 1210. The molecular formula is C22H19N3O4. The maximum absolute atomic E-state index is 12.1. The summed E-state index contributed by atoms with van der Waals surface area (Å²) in [6, 6.07) is 14.6. The van der Waals surface area contributed by atoms with Crippen molar-refractivity contribution in [2.75, 3.05) is 14.2 Å². The molecule has 0 spiro atoms. The molecule has 4 rings (SSSR count). The van der Waals surface area contributed by atoms with Gasteiger partial charge in [-0.3, -0.25) is 5.10 Å². The van der Waals surface area contributed by atoms with Crippen LogP contribution in [0.2, 0.25) is 0 Å². The lowest BCUT2D eigenvalue weighted by Gasteiger charge is -2.11. The van der Waals surface area contributed by atoms with E-state index >= 15 is 0 Å². The molecular weight excluding hydrogens is 370 g/mol. The number of hydrogen-bond donors (Lipinski definition) is 2. The minimum atomic E-state index is -1.05. The highest BCUT2D eigenvalue weighted by atomic mass is 16.5. The average molecular weight is 389 g/mol. The number of nitrogens with one attached hydrogen (secondary N) is 1. The molecule has 0 aliphatic carbocycles. The zero-order chi connectivity index (χ0) is 20.5. The van der Waals surface area contributed by atoms with Crippen LogP contribution in [0.3, 0.4) is 0 Å². The molecule has 2 aromatic carbocycles. The maximum Gasteiger partial charge on any atom is 0.336 e. The number of aromatic nitrogens is 3. The van der Waals surface area contributed by atoms with Gasteiger partial charge < -0.3 is 14.6 Å². The summed E-state index contributed by atoms with van der Waals surface area (Å²) in [6.07, 6.45) is 0. The normalized spacial score (nSPS) is 10.9. The second-order valence-corrected chi connectivity index (χ2v) is 6.59. The molecule has 0 aliphatic rings. The van der Waals surface area contributed by atoms with E-state index in [2.05, 4.69) is 15.2 Å². The van der Waals surface area contributed by atoms with E-state index in [4.69, 9.17) is 9.47 Å². The molecule has 146 valence electrons. The Morgan fingerprint density at radius 2 is 1.79 bits per heavy atom. The van der Waals surface area contributed by atoms with E-state index in [1.54, 1.807) is 38.5 Å². The summed E-state index contributed by atoms with van der Waals surface area (Å²) in [5.41, 5.74) is 4.13. The van der Waals surface area contributed by atoms with Crippen molar-refractivity contribution in [1.29, 1.82) is 0 Å². The Morgan fingerprint density at radius 3 is 2.45 bits per heavy atom.